The third-order valence-electron chi connectivity index (χ3n) is 5.52. The van der Waals surface area contributed by atoms with Crippen molar-refractivity contribution in [1.82, 2.24) is 19.8 Å². The van der Waals surface area contributed by atoms with Gasteiger partial charge in [-0.15, -0.1) is 0 Å². The van der Waals surface area contributed by atoms with Gasteiger partial charge in [0.05, 0.1) is 23.7 Å². The molecule has 0 spiro atoms. The molecule has 0 bridgehead atoms. The van der Waals surface area contributed by atoms with Gasteiger partial charge in [-0.1, -0.05) is 44.2 Å². The molecule has 1 unspecified atom stereocenters. The zero-order chi connectivity index (χ0) is 22.3. The number of ether oxygens (including phenoxy) is 2. The standard InChI is InChI=1S/C25H32N4O3/c1-19(2)15-28-12-13-31-21(16-28)14-26-25(30)17-29-23-11-7-6-10-22(23)27-24(29)18-32-20-8-4-3-5-9-20/h3-11,19,21H,12-18H2,1-2H3,(H,26,30). The number of carbonyl (C=O) groups excluding carboxylic acids is 1. The number of benzene rings is 2. The first kappa shape index (κ1) is 22.3. The number of imidazole rings is 1. The van der Waals surface area contributed by atoms with Gasteiger partial charge in [-0.2, -0.15) is 0 Å². The summed E-state index contributed by atoms with van der Waals surface area (Å²) in [4.78, 5) is 19.9. The summed E-state index contributed by atoms with van der Waals surface area (Å²) < 4.78 is 13.7. The molecule has 0 saturated carbocycles. The molecule has 0 aliphatic carbocycles. The Bertz CT molecular complexity index is 1020. The van der Waals surface area contributed by atoms with Crippen molar-refractivity contribution in [3.05, 3.63) is 60.4 Å². The van der Waals surface area contributed by atoms with Crippen LogP contribution in [0.1, 0.15) is 19.7 Å². The lowest BCUT2D eigenvalue weighted by molar-refractivity contribution is -0.122. The Morgan fingerprint density at radius 3 is 2.78 bits per heavy atom. The minimum atomic E-state index is -0.0568. The number of hydrogen-bond donors (Lipinski definition) is 1. The van der Waals surface area contributed by atoms with Crippen LogP contribution in [-0.4, -0.2) is 59.2 Å². The molecule has 2 aromatic carbocycles. The van der Waals surface area contributed by atoms with Gasteiger partial charge in [0.2, 0.25) is 5.91 Å². The molecule has 1 aliphatic heterocycles. The maximum Gasteiger partial charge on any atom is 0.240 e. The smallest absolute Gasteiger partial charge is 0.240 e. The molecular weight excluding hydrogens is 404 g/mol. The highest BCUT2D eigenvalue weighted by atomic mass is 16.5. The van der Waals surface area contributed by atoms with E-state index in [2.05, 4.69) is 24.1 Å². The zero-order valence-electron chi connectivity index (χ0n) is 18.9. The van der Waals surface area contributed by atoms with Crippen LogP contribution < -0.4 is 10.1 Å². The van der Waals surface area contributed by atoms with Crippen LogP contribution in [0.5, 0.6) is 5.75 Å². The number of hydrogen-bond acceptors (Lipinski definition) is 5. The van der Waals surface area contributed by atoms with E-state index >= 15 is 0 Å². The number of aromatic nitrogens is 2. The Kier molecular flexibility index (Phi) is 7.39. The number of rotatable bonds is 9. The highest BCUT2D eigenvalue weighted by Crippen LogP contribution is 2.18. The molecule has 1 fully saturated rings. The molecule has 1 atom stereocenters. The Morgan fingerprint density at radius 1 is 1.19 bits per heavy atom. The van der Waals surface area contributed by atoms with Crippen LogP contribution in [0.25, 0.3) is 11.0 Å². The molecule has 7 heteroatoms. The number of amides is 1. The zero-order valence-corrected chi connectivity index (χ0v) is 18.9. The first-order valence-corrected chi connectivity index (χ1v) is 11.3. The van der Waals surface area contributed by atoms with E-state index in [0.717, 1.165) is 42.2 Å². The summed E-state index contributed by atoms with van der Waals surface area (Å²) in [5.41, 5.74) is 1.78. The third kappa shape index (κ3) is 5.87. The molecule has 4 rings (SSSR count). The number of nitrogens with one attached hydrogen (secondary N) is 1. The average Bonchev–Trinajstić information content (AvgIpc) is 3.14. The van der Waals surface area contributed by atoms with Crippen molar-refractivity contribution in [2.45, 2.75) is 33.1 Å². The molecule has 1 aromatic heterocycles. The van der Waals surface area contributed by atoms with Gasteiger partial charge in [-0.05, 0) is 30.2 Å². The lowest BCUT2D eigenvalue weighted by Crippen LogP contribution is -2.48. The summed E-state index contributed by atoms with van der Waals surface area (Å²) in [6, 6.07) is 17.5. The van der Waals surface area contributed by atoms with Crippen LogP contribution in [0.2, 0.25) is 0 Å². The Balaban J connectivity index is 1.38. The molecular formula is C25H32N4O3. The second-order valence-electron chi connectivity index (χ2n) is 8.65. The van der Waals surface area contributed by atoms with Crippen molar-refractivity contribution >= 4 is 16.9 Å². The van der Waals surface area contributed by atoms with Crippen LogP contribution in [0, 0.1) is 5.92 Å². The Morgan fingerprint density at radius 2 is 1.97 bits per heavy atom. The summed E-state index contributed by atoms with van der Waals surface area (Å²) in [5, 5.41) is 3.05. The summed E-state index contributed by atoms with van der Waals surface area (Å²) in [6.45, 7) is 9.01. The Labute approximate surface area is 189 Å². The largest absolute Gasteiger partial charge is 0.486 e. The second-order valence-corrected chi connectivity index (χ2v) is 8.65. The molecule has 7 nitrogen and oxygen atoms in total. The van der Waals surface area contributed by atoms with E-state index in [1.54, 1.807) is 0 Å². The van der Waals surface area contributed by atoms with E-state index in [1.807, 2.05) is 59.2 Å². The fourth-order valence-corrected chi connectivity index (χ4v) is 4.09. The topological polar surface area (TPSA) is 68.6 Å². The predicted octanol–water partition coefficient (Wildman–Crippen LogP) is 3.09. The first-order chi connectivity index (χ1) is 15.6. The van der Waals surface area contributed by atoms with Crippen LogP contribution in [0.15, 0.2) is 54.6 Å². The van der Waals surface area contributed by atoms with Gasteiger partial charge in [0.15, 0.2) is 0 Å². The van der Waals surface area contributed by atoms with Crippen LogP contribution in [0.3, 0.4) is 0 Å². The molecule has 0 radical (unpaired) electrons. The minimum Gasteiger partial charge on any atom is -0.486 e. The fraction of sp³-hybridized carbons (Fsp3) is 0.440. The summed E-state index contributed by atoms with van der Waals surface area (Å²) >= 11 is 0. The number of fused-ring (bicyclic) bond motifs is 1. The van der Waals surface area contributed by atoms with Gasteiger partial charge in [-0.25, -0.2) is 4.98 Å². The minimum absolute atomic E-state index is 0.0202. The van der Waals surface area contributed by atoms with Crippen molar-refractivity contribution in [3.8, 4) is 5.75 Å². The summed E-state index contributed by atoms with van der Waals surface area (Å²) in [6.07, 6.45) is 0.0202. The number of carbonyl (C=O) groups is 1. The number of morpholine rings is 1. The van der Waals surface area contributed by atoms with E-state index in [-0.39, 0.29) is 18.6 Å². The van der Waals surface area contributed by atoms with Gasteiger partial charge in [-0.3, -0.25) is 9.69 Å². The molecule has 1 amide bonds. The number of para-hydroxylation sites is 3. The first-order valence-electron chi connectivity index (χ1n) is 11.3. The predicted molar refractivity (Wildman–Crippen MR) is 125 cm³/mol. The van der Waals surface area contributed by atoms with Crippen molar-refractivity contribution in [2.75, 3.05) is 32.8 Å². The van der Waals surface area contributed by atoms with Crippen molar-refractivity contribution in [3.63, 3.8) is 0 Å². The monoisotopic (exact) mass is 436 g/mol. The van der Waals surface area contributed by atoms with Crippen molar-refractivity contribution in [1.29, 1.82) is 0 Å². The van der Waals surface area contributed by atoms with Crippen LogP contribution in [-0.2, 0) is 22.7 Å². The van der Waals surface area contributed by atoms with Gasteiger partial charge in [0.1, 0.15) is 24.7 Å². The van der Waals surface area contributed by atoms with E-state index in [1.165, 1.54) is 0 Å². The summed E-state index contributed by atoms with van der Waals surface area (Å²) in [7, 11) is 0. The SMILES string of the molecule is CC(C)CN1CCOC(CNC(=O)Cn2c(COc3ccccc3)nc3ccccc32)C1. The average molecular weight is 437 g/mol. The van der Waals surface area contributed by atoms with E-state index in [0.29, 0.717) is 25.7 Å². The van der Waals surface area contributed by atoms with Crippen LogP contribution in [0.4, 0.5) is 0 Å². The highest BCUT2D eigenvalue weighted by molar-refractivity contribution is 5.81. The van der Waals surface area contributed by atoms with Gasteiger partial charge < -0.3 is 19.4 Å². The molecule has 1 saturated heterocycles. The van der Waals surface area contributed by atoms with Gasteiger partial charge in [0, 0.05) is 26.2 Å². The second kappa shape index (κ2) is 10.6. The van der Waals surface area contributed by atoms with E-state index in [4.69, 9.17) is 14.5 Å². The van der Waals surface area contributed by atoms with E-state index < -0.39 is 0 Å². The maximum atomic E-state index is 12.8. The molecule has 32 heavy (non-hydrogen) atoms. The lowest BCUT2D eigenvalue weighted by Gasteiger charge is -2.34. The van der Waals surface area contributed by atoms with Gasteiger partial charge >= 0.3 is 0 Å². The highest BCUT2D eigenvalue weighted by Gasteiger charge is 2.22. The molecule has 2 heterocycles. The quantitative estimate of drug-likeness (QED) is 0.558. The summed E-state index contributed by atoms with van der Waals surface area (Å²) in [5.74, 6) is 2.06. The molecule has 170 valence electrons. The lowest BCUT2D eigenvalue weighted by atomic mass is 10.2. The van der Waals surface area contributed by atoms with E-state index in [9.17, 15) is 4.79 Å². The molecule has 1 N–H and O–H groups in total. The maximum absolute atomic E-state index is 12.8. The van der Waals surface area contributed by atoms with Crippen molar-refractivity contribution < 1.29 is 14.3 Å². The molecule has 1 aliphatic rings. The third-order valence-corrected chi connectivity index (χ3v) is 5.52. The normalized spacial score (nSPS) is 17.0. The number of nitrogens with zero attached hydrogens (tertiary/aromatic N) is 3. The van der Waals surface area contributed by atoms with Crippen molar-refractivity contribution in [2.24, 2.45) is 5.92 Å². The van der Waals surface area contributed by atoms with Gasteiger partial charge in [0.25, 0.3) is 0 Å². The van der Waals surface area contributed by atoms with Crippen LogP contribution >= 0.6 is 0 Å². The molecule has 3 aromatic rings. The fourth-order valence-electron chi connectivity index (χ4n) is 4.09. The Hall–Kier alpha value is -2.90.